The molecule has 3 rings (SSSR count). The molecule has 7 nitrogen and oxygen atoms in total. The third-order valence-electron chi connectivity index (χ3n) is 5.16. The fraction of sp³-hybridized carbons (Fsp3) is 0.333. The molecule has 1 aromatic heterocycles. The van der Waals surface area contributed by atoms with Crippen LogP contribution in [0.3, 0.4) is 0 Å². The number of carbonyl (C=O) groups excluding carboxylic acids is 3. The highest BCUT2D eigenvalue weighted by molar-refractivity contribution is 6.49. The van der Waals surface area contributed by atoms with Crippen LogP contribution in [0.5, 0.6) is 0 Å². The third kappa shape index (κ3) is 3.86. The van der Waals surface area contributed by atoms with Crippen molar-refractivity contribution < 1.29 is 23.5 Å². The summed E-state index contributed by atoms with van der Waals surface area (Å²) in [5, 5.41) is 11.3. The minimum absolute atomic E-state index is 0.0185. The number of Topliss-reactive ketones (excluding diaryl/α,β-unsaturated/α-hetero) is 2. The van der Waals surface area contributed by atoms with Gasteiger partial charge < -0.3 is 14.6 Å². The van der Waals surface area contributed by atoms with E-state index < -0.39 is 23.3 Å². The normalized spacial score (nSPS) is 14.5. The highest BCUT2D eigenvalue weighted by Gasteiger charge is 2.39. The number of anilines is 1. The second kappa shape index (κ2) is 8.01. The molecule has 1 amide bonds. The Kier molecular flexibility index (Phi) is 5.79. The van der Waals surface area contributed by atoms with Crippen LogP contribution in [0.4, 0.5) is 10.1 Å². The molecule has 0 atom stereocenters. The first kappa shape index (κ1) is 21.7. The van der Waals surface area contributed by atoms with E-state index in [0.717, 1.165) is 6.07 Å². The summed E-state index contributed by atoms with van der Waals surface area (Å²) in [6, 6.07) is 5.24. The largest absolute Gasteiger partial charge is 0.380 e. The van der Waals surface area contributed by atoms with Gasteiger partial charge in [0.25, 0.3) is 5.91 Å². The fourth-order valence-corrected chi connectivity index (χ4v) is 3.75. The zero-order valence-electron chi connectivity index (χ0n) is 16.6. The molecule has 2 aromatic rings. The molecule has 1 fully saturated rings. The van der Waals surface area contributed by atoms with Crippen molar-refractivity contribution in [2.75, 3.05) is 18.5 Å². The van der Waals surface area contributed by atoms with Crippen molar-refractivity contribution >= 4 is 34.8 Å². The van der Waals surface area contributed by atoms with E-state index in [-0.39, 0.29) is 39.4 Å². The van der Waals surface area contributed by atoms with Gasteiger partial charge in [-0.2, -0.15) is 5.26 Å². The number of benzene rings is 1. The smallest absolute Gasteiger partial charge is 0.273 e. The van der Waals surface area contributed by atoms with Crippen LogP contribution in [0.1, 0.15) is 45.4 Å². The van der Waals surface area contributed by atoms with Crippen molar-refractivity contribution in [3.63, 3.8) is 0 Å². The molecule has 1 aliphatic heterocycles. The predicted octanol–water partition coefficient (Wildman–Crippen LogP) is 3.43. The van der Waals surface area contributed by atoms with Crippen LogP contribution >= 0.6 is 11.6 Å². The number of hydrogen-bond donors (Lipinski definition) is 1. The lowest BCUT2D eigenvalue weighted by atomic mass is 9.82. The van der Waals surface area contributed by atoms with Crippen molar-refractivity contribution in [1.29, 1.82) is 5.26 Å². The van der Waals surface area contributed by atoms with E-state index in [0.29, 0.717) is 18.9 Å². The molecule has 0 unspecified atom stereocenters. The number of hydrogen-bond acceptors (Lipinski definition) is 5. The van der Waals surface area contributed by atoms with E-state index in [1.165, 1.54) is 16.7 Å². The summed E-state index contributed by atoms with van der Waals surface area (Å²) in [6.07, 6.45) is 0.0323. The molecule has 2 heterocycles. The Labute approximate surface area is 177 Å². The second-order valence-corrected chi connectivity index (χ2v) is 8.05. The predicted molar refractivity (Wildman–Crippen MR) is 107 cm³/mol. The Bertz CT molecular complexity index is 1110. The van der Waals surface area contributed by atoms with E-state index in [4.69, 9.17) is 21.6 Å². The molecule has 1 N–H and O–H groups in total. The van der Waals surface area contributed by atoms with Gasteiger partial charge in [0.05, 0.1) is 29.4 Å². The summed E-state index contributed by atoms with van der Waals surface area (Å²) >= 11 is 6.35. The van der Waals surface area contributed by atoms with Gasteiger partial charge in [0.1, 0.15) is 17.6 Å². The number of amides is 1. The van der Waals surface area contributed by atoms with Gasteiger partial charge in [-0.1, -0.05) is 18.5 Å². The zero-order valence-corrected chi connectivity index (χ0v) is 17.4. The second-order valence-electron chi connectivity index (χ2n) is 7.68. The Morgan fingerprint density at radius 2 is 2.03 bits per heavy atom. The lowest BCUT2D eigenvalue weighted by Crippen LogP contribution is -2.42. The summed E-state index contributed by atoms with van der Waals surface area (Å²) in [4.78, 5) is 38.1. The maximum atomic E-state index is 13.5. The highest BCUT2D eigenvalue weighted by atomic mass is 35.5. The molecular weight excluding hydrogens is 413 g/mol. The first-order chi connectivity index (χ1) is 14.1. The van der Waals surface area contributed by atoms with Crippen molar-refractivity contribution in [2.24, 2.45) is 12.5 Å². The van der Waals surface area contributed by atoms with Crippen LogP contribution in [0, 0.1) is 29.5 Å². The van der Waals surface area contributed by atoms with Gasteiger partial charge in [0.2, 0.25) is 11.6 Å². The average Bonchev–Trinajstić information content (AvgIpc) is 2.90. The Morgan fingerprint density at radius 3 is 2.60 bits per heavy atom. The minimum atomic E-state index is -0.756. The number of carbonyl (C=O) groups is 3. The van der Waals surface area contributed by atoms with Crippen LogP contribution in [0.25, 0.3) is 0 Å². The molecular formula is C21H19ClFN3O4. The summed E-state index contributed by atoms with van der Waals surface area (Å²) in [5.74, 6) is -2.72. The Hall–Kier alpha value is -3.02. The molecule has 0 saturated carbocycles. The molecule has 9 heteroatoms. The monoisotopic (exact) mass is 431 g/mol. The molecule has 1 aromatic carbocycles. The van der Waals surface area contributed by atoms with Gasteiger partial charge >= 0.3 is 0 Å². The third-order valence-corrected chi connectivity index (χ3v) is 5.52. The number of nitriles is 1. The first-order valence-corrected chi connectivity index (χ1v) is 9.47. The molecule has 156 valence electrons. The molecule has 1 aliphatic rings. The van der Waals surface area contributed by atoms with E-state index in [1.807, 2.05) is 6.92 Å². The number of ether oxygens (including phenoxy) is 1. The van der Waals surface area contributed by atoms with Crippen molar-refractivity contribution in [3.8, 4) is 6.07 Å². The summed E-state index contributed by atoms with van der Waals surface area (Å²) in [5.41, 5.74) is -0.0772. The van der Waals surface area contributed by atoms with Gasteiger partial charge in [-0.3, -0.25) is 14.4 Å². The summed E-state index contributed by atoms with van der Waals surface area (Å²) in [6.45, 7) is 4.26. The molecule has 30 heavy (non-hydrogen) atoms. The van der Waals surface area contributed by atoms with E-state index in [1.54, 1.807) is 20.0 Å². The molecule has 0 radical (unpaired) electrons. The zero-order chi connectivity index (χ0) is 22.2. The lowest BCUT2D eigenvalue weighted by Gasteiger charge is -2.37. The quantitative estimate of drug-likeness (QED) is 0.557. The number of ketones is 2. The maximum Gasteiger partial charge on any atom is 0.273 e. The van der Waals surface area contributed by atoms with Crippen molar-refractivity contribution in [2.45, 2.75) is 20.3 Å². The number of aromatic nitrogens is 1. The van der Waals surface area contributed by atoms with E-state index in [9.17, 15) is 18.8 Å². The lowest BCUT2D eigenvalue weighted by molar-refractivity contribution is -0.133. The number of nitrogens with one attached hydrogen (secondary N) is 1. The Balaban J connectivity index is 1.88. The summed E-state index contributed by atoms with van der Waals surface area (Å²) in [7, 11) is 1.55. The van der Waals surface area contributed by atoms with Gasteiger partial charge in [-0.05, 0) is 25.1 Å². The minimum Gasteiger partial charge on any atom is -0.380 e. The van der Waals surface area contributed by atoms with Crippen LogP contribution in [-0.2, 0) is 16.6 Å². The van der Waals surface area contributed by atoms with Crippen LogP contribution in [0.15, 0.2) is 18.2 Å². The van der Waals surface area contributed by atoms with E-state index >= 15 is 0 Å². The standard InChI is InChI=1S/C21H19ClFN3O4/c1-11-16(19(28)15(27)7-21(2)9-30-10-21)17(22)18(26(11)3)20(29)25-13-4-5-14(23)12(6-13)8-24/h4-6H,7,9-10H2,1-3H3,(H,25,29). The molecule has 0 spiro atoms. The van der Waals surface area contributed by atoms with Crippen LogP contribution in [-0.4, -0.2) is 35.3 Å². The van der Waals surface area contributed by atoms with Crippen molar-refractivity contribution in [1.82, 2.24) is 4.57 Å². The fourth-order valence-electron chi connectivity index (χ4n) is 3.31. The maximum absolute atomic E-state index is 13.5. The van der Waals surface area contributed by atoms with E-state index in [2.05, 4.69) is 5.32 Å². The highest BCUT2D eigenvalue weighted by Crippen LogP contribution is 2.33. The van der Waals surface area contributed by atoms with Gasteiger partial charge in [0.15, 0.2) is 0 Å². The van der Waals surface area contributed by atoms with Crippen LogP contribution in [0.2, 0.25) is 5.02 Å². The number of rotatable bonds is 6. The van der Waals surface area contributed by atoms with Gasteiger partial charge in [-0.25, -0.2) is 4.39 Å². The number of halogens is 2. The van der Waals surface area contributed by atoms with Gasteiger partial charge in [-0.15, -0.1) is 0 Å². The van der Waals surface area contributed by atoms with Crippen LogP contribution < -0.4 is 5.32 Å². The first-order valence-electron chi connectivity index (χ1n) is 9.09. The average molecular weight is 432 g/mol. The number of nitrogens with zero attached hydrogens (tertiary/aromatic N) is 2. The summed E-state index contributed by atoms with van der Waals surface area (Å²) < 4.78 is 20.0. The molecule has 0 aliphatic carbocycles. The van der Waals surface area contributed by atoms with Crippen molar-refractivity contribution in [3.05, 3.63) is 51.6 Å². The SMILES string of the molecule is Cc1c(C(=O)C(=O)CC2(C)COC2)c(Cl)c(C(=O)Nc2ccc(F)c(C#N)c2)n1C. The Morgan fingerprint density at radius 1 is 1.37 bits per heavy atom. The van der Waals surface area contributed by atoms with Gasteiger partial charge in [0, 0.05) is 30.3 Å². The molecule has 0 bridgehead atoms. The topological polar surface area (TPSA) is 101 Å². The molecule has 1 saturated heterocycles.